The Morgan fingerprint density at radius 1 is 1.29 bits per heavy atom. The SMILES string of the molecule is C[C@H](CCc1cccc(F)c1)NC(=O)C1(C(=O)NC2CC2)CCC1. The number of nitrogens with one attached hydrogen (secondary N) is 2. The lowest BCUT2D eigenvalue weighted by atomic mass is 9.67. The van der Waals surface area contributed by atoms with Crippen LogP contribution < -0.4 is 10.6 Å². The lowest BCUT2D eigenvalue weighted by molar-refractivity contribution is -0.150. The summed E-state index contributed by atoms with van der Waals surface area (Å²) in [5, 5.41) is 5.96. The Bertz CT molecular complexity index is 624. The molecule has 0 unspecified atom stereocenters. The Labute approximate surface area is 142 Å². The van der Waals surface area contributed by atoms with Gasteiger partial charge in [0.2, 0.25) is 11.8 Å². The molecule has 0 bridgehead atoms. The molecule has 2 saturated carbocycles. The lowest BCUT2D eigenvalue weighted by Gasteiger charge is -2.39. The van der Waals surface area contributed by atoms with Crippen molar-refractivity contribution in [2.45, 2.75) is 64.0 Å². The number of hydrogen-bond acceptors (Lipinski definition) is 2. The molecule has 2 amide bonds. The summed E-state index contributed by atoms with van der Waals surface area (Å²) in [7, 11) is 0. The van der Waals surface area contributed by atoms with Gasteiger partial charge in [-0.3, -0.25) is 9.59 Å². The first kappa shape index (κ1) is 16.9. The van der Waals surface area contributed by atoms with Crippen molar-refractivity contribution in [1.29, 1.82) is 0 Å². The number of benzene rings is 1. The predicted octanol–water partition coefficient (Wildman–Crippen LogP) is 2.71. The molecule has 0 aliphatic heterocycles. The Morgan fingerprint density at radius 3 is 2.62 bits per heavy atom. The fourth-order valence-electron chi connectivity index (χ4n) is 3.15. The minimum Gasteiger partial charge on any atom is -0.353 e. The monoisotopic (exact) mass is 332 g/mol. The molecule has 0 heterocycles. The molecular formula is C19H25FN2O2. The van der Waals surface area contributed by atoms with Crippen molar-refractivity contribution in [2.75, 3.05) is 0 Å². The van der Waals surface area contributed by atoms with Crippen LogP contribution in [0, 0.1) is 11.2 Å². The molecule has 0 saturated heterocycles. The molecule has 2 aliphatic carbocycles. The fraction of sp³-hybridized carbons (Fsp3) is 0.579. The first-order valence-electron chi connectivity index (χ1n) is 8.86. The van der Waals surface area contributed by atoms with E-state index in [1.807, 2.05) is 13.0 Å². The number of rotatable bonds is 7. The molecule has 2 aliphatic rings. The molecule has 0 spiro atoms. The van der Waals surface area contributed by atoms with Gasteiger partial charge in [0.1, 0.15) is 11.2 Å². The van der Waals surface area contributed by atoms with Crippen molar-refractivity contribution in [3.05, 3.63) is 35.6 Å². The second-order valence-corrected chi connectivity index (χ2v) is 7.23. The number of hydrogen-bond donors (Lipinski definition) is 2. The van der Waals surface area contributed by atoms with E-state index in [0.717, 1.165) is 31.2 Å². The van der Waals surface area contributed by atoms with E-state index in [9.17, 15) is 14.0 Å². The third-order valence-corrected chi connectivity index (χ3v) is 5.12. The van der Waals surface area contributed by atoms with Crippen molar-refractivity contribution in [1.82, 2.24) is 10.6 Å². The quantitative estimate of drug-likeness (QED) is 0.754. The topological polar surface area (TPSA) is 58.2 Å². The summed E-state index contributed by atoms with van der Waals surface area (Å²) in [5.41, 5.74) is 0.0522. The summed E-state index contributed by atoms with van der Waals surface area (Å²) in [5.74, 6) is -0.501. The molecule has 4 nitrogen and oxygen atoms in total. The van der Waals surface area contributed by atoms with Gasteiger partial charge in [0.25, 0.3) is 0 Å². The molecule has 0 radical (unpaired) electrons. The van der Waals surface area contributed by atoms with Crippen LogP contribution in [0.25, 0.3) is 0 Å². The Balaban J connectivity index is 1.51. The molecular weight excluding hydrogens is 307 g/mol. The van der Waals surface area contributed by atoms with Crippen LogP contribution >= 0.6 is 0 Å². The largest absolute Gasteiger partial charge is 0.353 e. The highest BCUT2D eigenvalue weighted by atomic mass is 19.1. The Morgan fingerprint density at radius 2 is 2.04 bits per heavy atom. The highest BCUT2D eigenvalue weighted by Crippen LogP contribution is 2.42. The van der Waals surface area contributed by atoms with Crippen LogP contribution in [0.3, 0.4) is 0 Å². The van der Waals surface area contributed by atoms with Gasteiger partial charge in [-0.15, -0.1) is 0 Å². The fourth-order valence-corrected chi connectivity index (χ4v) is 3.15. The van der Waals surface area contributed by atoms with Gasteiger partial charge >= 0.3 is 0 Å². The first-order chi connectivity index (χ1) is 11.5. The van der Waals surface area contributed by atoms with Gasteiger partial charge in [-0.2, -0.15) is 0 Å². The number of halogens is 1. The number of carbonyl (C=O) groups excluding carboxylic acids is 2. The van der Waals surface area contributed by atoms with E-state index in [1.165, 1.54) is 12.1 Å². The predicted molar refractivity (Wildman–Crippen MR) is 89.8 cm³/mol. The third-order valence-electron chi connectivity index (χ3n) is 5.12. The van der Waals surface area contributed by atoms with Crippen molar-refractivity contribution in [2.24, 2.45) is 5.41 Å². The van der Waals surface area contributed by atoms with E-state index in [1.54, 1.807) is 6.07 Å². The molecule has 3 rings (SSSR count). The maximum Gasteiger partial charge on any atom is 0.235 e. The van der Waals surface area contributed by atoms with Crippen molar-refractivity contribution in [3.8, 4) is 0 Å². The van der Waals surface area contributed by atoms with Gasteiger partial charge in [0, 0.05) is 12.1 Å². The number of carbonyl (C=O) groups is 2. The van der Waals surface area contributed by atoms with Crippen molar-refractivity contribution < 1.29 is 14.0 Å². The molecule has 1 aromatic rings. The minimum atomic E-state index is -0.865. The van der Waals surface area contributed by atoms with E-state index in [0.29, 0.717) is 19.3 Å². The Hall–Kier alpha value is -1.91. The van der Waals surface area contributed by atoms with E-state index < -0.39 is 5.41 Å². The van der Waals surface area contributed by atoms with E-state index in [2.05, 4.69) is 10.6 Å². The van der Waals surface area contributed by atoms with Crippen LogP contribution in [-0.2, 0) is 16.0 Å². The smallest absolute Gasteiger partial charge is 0.235 e. The summed E-state index contributed by atoms with van der Waals surface area (Å²) in [4.78, 5) is 25.1. The van der Waals surface area contributed by atoms with Crippen molar-refractivity contribution in [3.63, 3.8) is 0 Å². The molecule has 24 heavy (non-hydrogen) atoms. The molecule has 0 aromatic heterocycles. The molecule has 2 N–H and O–H groups in total. The zero-order valence-corrected chi connectivity index (χ0v) is 14.1. The zero-order valence-electron chi connectivity index (χ0n) is 14.1. The molecule has 5 heteroatoms. The van der Waals surface area contributed by atoms with Crippen LogP contribution in [-0.4, -0.2) is 23.9 Å². The standard InChI is InChI=1S/C19H25FN2O2/c1-13(6-7-14-4-2-5-15(20)12-14)21-17(23)19(10-3-11-19)18(24)22-16-8-9-16/h2,4-5,12-13,16H,3,6-11H2,1H3,(H,21,23)(H,22,24)/t13-/m1/s1. The van der Waals surface area contributed by atoms with Crippen LogP contribution in [0.5, 0.6) is 0 Å². The van der Waals surface area contributed by atoms with Crippen LogP contribution in [0.2, 0.25) is 0 Å². The van der Waals surface area contributed by atoms with Gasteiger partial charge in [-0.25, -0.2) is 4.39 Å². The Kier molecular flexibility index (Phi) is 4.88. The normalized spacial score (nSPS) is 19.9. The molecule has 2 fully saturated rings. The van der Waals surface area contributed by atoms with Gasteiger partial charge in [0.05, 0.1) is 0 Å². The maximum absolute atomic E-state index is 13.2. The highest BCUT2D eigenvalue weighted by Gasteiger charge is 2.51. The molecule has 1 atom stereocenters. The van der Waals surface area contributed by atoms with E-state index in [-0.39, 0.29) is 29.7 Å². The van der Waals surface area contributed by atoms with Crippen LogP contribution in [0.4, 0.5) is 4.39 Å². The lowest BCUT2D eigenvalue weighted by Crippen LogP contribution is -2.57. The second-order valence-electron chi connectivity index (χ2n) is 7.23. The maximum atomic E-state index is 13.2. The summed E-state index contributed by atoms with van der Waals surface area (Å²) >= 11 is 0. The van der Waals surface area contributed by atoms with E-state index >= 15 is 0 Å². The first-order valence-corrected chi connectivity index (χ1v) is 8.86. The minimum absolute atomic E-state index is 0.0491. The summed E-state index contributed by atoms with van der Waals surface area (Å²) in [6.45, 7) is 1.93. The van der Waals surface area contributed by atoms with Gasteiger partial charge in [-0.05, 0) is 63.1 Å². The summed E-state index contributed by atoms with van der Waals surface area (Å²) < 4.78 is 13.2. The highest BCUT2D eigenvalue weighted by molar-refractivity contribution is 6.06. The number of amides is 2. The second kappa shape index (κ2) is 6.91. The zero-order chi connectivity index (χ0) is 17.2. The van der Waals surface area contributed by atoms with Gasteiger partial charge in [0.15, 0.2) is 0 Å². The average molecular weight is 332 g/mol. The number of aryl methyl sites for hydroxylation is 1. The average Bonchev–Trinajstić information content (AvgIpc) is 3.28. The van der Waals surface area contributed by atoms with Crippen molar-refractivity contribution >= 4 is 11.8 Å². The summed E-state index contributed by atoms with van der Waals surface area (Å²) in [6, 6.07) is 6.74. The van der Waals surface area contributed by atoms with Crippen LogP contribution in [0.1, 0.15) is 51.0 Å². The third kappa shape index (κ3) is 3.77. The molecule has 1 aromatic carbocycles. The van der Waals surface area contributed by atoms with Gasteiger partial charge < -0.3 is 10.6 Å². The van der Waals surface area contributed by atoms with E-state index in [4.69, 9.17) is 0 Å². The summed E-state index contributed by atoms with van der Waals surface area (Å²) in [6.07, 6.45) is 5.64. The molecule has 130 valence electrons. The van der Waals surface area contributed by atoms with Gasteiger partial charge in [-0.1, -0.05) is 18.6 Å². The van der Waals surface area contributed by atoms with Crippen LogP contribution in [0.15, 0.2) is 24.3 Å².